The molecule has 2 saturated heterocycles. The first-order chi connectivity index (χ1) is 21.0. The minimum Gasteiger partial charge on any atom is -0.496 e. The van der Waals surface area contributed by atoms with Gasteiger partial charge in [0.25, 0.3) is 0 Å². The number of methoxy groups -OCH3 is 1. The standard InChI is InChI=1S/C24H30ClNO.C14H21NO/c1-19-7-3-4-8-23(19)24(25)20(2)17-21-9-11-22(12-10-21)18-27-16-15-26-13-5-6-14-26;1-3-12-6-7-13(14(10-12)16-2)11-15-8-4-5-9-15/h3-4,7-12H,5-6,13-18H2,1-2H3;6-7,10H,3-5,8-9,11H2,1-2H3/b24-20-;. The normalized spacial score (nSPS) is 16.1. The number of rotatable bonds is 12. The van der Waals surface area contributed by atoms with Gasteiger partial charge in [-0.1, -0.05) is 79.2 Å². The summed E-state index contributed by atoms with van der Waals surface area (Å²) in [5, 5.41) is 0.863. The SMILES string of the molecule is C/C(Cc1ccc(COCCN2CCCC2)cc1)=C(/Cl)c1ccccc1C.CCc1ccc(CN2CCCC2)c(OC)c1. The van der Waals surface area contributed by atoms with Crippen LogP contribution in [0.5, 0.6) is 5.75 Å². The first-order valence-electron chi connectivity index (χ1n) is 16.1. The fourth-order valence-corrected chi connectivity index (χ4v) is 6.18. The number of allylic oxidation sites excluding steroid dienone is 1. The number of benzene rings is 3. The van der Waals surface area contributed by atoms with E-state index in [4.69, 9.17) is 21.1 Å². The maximum atomic E-state index is 6.64. The molecule has 2 aliphatic rings. The lowest BCUT2D eigenvalue weighted by atomic mass is 10.0. The highest BCUT2D eigenvalue weighted by atomic mass is 35.5. The average Bonchev–Trinajstić information content (AvgIpc) is 3.75. The highest BCUT2D eigenvalue weighted by Gasteiger charge is 2.14. The lowest BCUT2D eigenvalue weighted by molar-refractivity contribution is 0.0992. The molecule has 0 radical (unpaired) electrons. The van der Waals surface area contributed by atoms with E-state index in [2.05, 4.69) is 85.2 Å². The van der Waals surface area contributed by atoms with Gasteiger partial charge in [-0.3, -0.25) is 4.90 Å². The monoisotopic (exact) mass is 602 g/mol. The Morgan fingerprint density at radius 1 is 0.814 bits per heavy atom. The van der Waals surface area contributed by atoms with Crippen molar-refractivity contribution < 1.29 is 9.47 Å². The van der Waals surface area contributed by atoms with Gasteiger partial charge in [0, 0.05) is 23.7 Å². The van der Waals surface area contributed by atoms with Crippen molar-refractivity contribution in [2.75, 3.05) is 46.4 Å². The molecular formula is C38H51ClN2O2. The van der Waals surface area contributed by atoms with E-state index < -0.39 is 0 Å². The molecule has 4 nitrogen and oxygen atoms in total. The van der Waals surface area contributed by atoms with E-state index in [0.29, 0.717) is 6.61 Å². The van der Waals surface area contributed by atoms with E-state index in [0.717, 1.165) is 48.9 Å². The van der Waals surface area contributed by atoms with E-state index in [-0.39, 0.29) is 0 Å². The molecule has 2 fully saturated rings. The van der Waals surface area contributed by atoms with E-state index in [1.165, 1.54) is 85.3 Å². The Kier molecular flexibility index (Phi) is 13.6. The van der Waals surface area contributed by atoms with Crippen molar-refractivity contribution in [3.63, 3.8) is 0 Å². The minimum absolute atomic E-state index is 0.687. The fraction of sp³-hybridized carbons (Fsp3) is 0.474. The largest absolute Gasteiger partial charge is 0.496 e. The summed E-state index contributed by atoms with van der Waals surface area (Å²) in [4.78, 5) is 4.99. The summed E-state index contributed by atoms with van der Waals surface area (Å²) in [6, 6.07) is 23.6. The fourth-order valence-electron chi connectivity index (χ4n) is 5.90. The van der Waals surface area contributed by atoms with Crippen molar-refractivity contribution in [3.05, 3.63) is 106 Å². The van der Waals surface area contributed by atoms with Crippen LogP contribution in [0.3, 0.4) is 0 Å². The molecule has 43 heavy (non-hydrogen) atoms. The van der Waals surface area contributed by atoms with Crippen molar-refractivity contribution in [1.29, 1.82) is 0 Å². The molecule has 0 unspecified atom stereocenters. The lowest BCUT2D eigenvalue weighted by Gasteiger charge is -2.17. The van der Waals surface area contributed by atoms with Gasteiger partial charge in [0.1, 0.15) is 5.75 Å². The van der Waals surface area contributed by atoms with Crippen molar-refractivity contribution in [3.8, 4) is 5.75 Å². The van der Waals surface area contributed by atoms with Gasteiger partial charge in [-0.15, -0.1) is 0 Å². The zero-order valence-electron chi connectivity index (χ0n) is 26.8. The van der Waals surface area contributed by atoms with Gasteiger partial charge in [-0.05, 0) is 118 Å². The quantitative estimate of drug-likeness (QED) is 0.194. The second-order valence-corrected chi connectivity index (χ2v) is 12.4. The van der Waals surface area contributed by atoms with Crippen molar-refractivity contribution in [2.24, 2.45) is 0 Å². The molecule has 0 aliphatic carbocycles. The van der Waals surface area contributed by atoms with Crippen molar-refractivity contribution in [1.82, 2.24) is 9.80 Å². The molecule has 0 aromatic heterocycles. The molecule has 3 aromatic rings. The molecular weight excluding hydrogens is 552 g/mol. The third kappa shape index (κ3) is 10.5. The summed E-state index contributed by atoms with van der Waals surface area (Å²) in [5.41, 5.74) is 8.71. The molecule has 2 aliphatic heterocycles. The van der Waals surface area contributed by atoms with Crippen LogP contribution in [0, 0.1) is 6.92 Å². The van der Waals surface area contributed by atoms with Crippen molar-refractivity contribution >= 4 is 16.6 Å². The van der Waals surface area contributed by atoms with Gasteiger partial charge in [-0.25, -0.2) is 0 Å². The lowest BCUT2D eigenvalue weighted by Crippen LogP contribution is -2.23. The van der Waals surface area contributed by atoms with Crippen LogP contribution < -0.4 is 4.74 Å². The van der Waals surface area contributed by atoms with Crippen LogP contribution >= 0.6 is 11.6 Å². The van der Waals surface area contributed by atoms with Crippen LogP contribution in [0.25, 0.3) is 5.03 Å². The number of halogens is 1. The van der Waals surface area contributed by atoms with Gasteiger partial charge in [-0.2, -0.15) is 0 Å². The minimum atomic E-state index is 0.687. The van der Waals surface area contributed by atoms with Gasteiger partial charge in [0.2, 0.25) is 0 Å². The number of likely N-dealkylation sites (tertiary alicyclic amines) is 2. The molecule has 0 amide bonds. The molecule has 0 N–H and O–H groups in total. The number of ether oxygens (including phenoxy) is 2. The first-order valence-corrected chi connectivity index (χ1v) is 16.5. The molecule has 0 bridgehead atoms. The maximum absolute atomic E-state index is 6.64. The number of hydrogen-bond donors (Lipinski definition) is 0. The summed E-state index contributed by atoms with van der Waals surface area (Å²) < 4.78 is 11.3. The highest BCUT2D eigenvalue weighted by molar-refractivity contribution is 6.49. The zero-order valence-corrected chi connectivity index (χ0v) is 27.6. The highest BCUT2D eigenvalue weighted by Crippen LogP contribution is 2.28. The van der Waals surface area contributed by atoms with Crippen LogP contribution in [-0.2, 0) is 30.7 Å². The predicted octanol–water partition coefficient (Wildman–Crippen LogP) is 8.67. The van der Waals surface area contributed by atoms with Crippen molar-refractivity contribution in [2.45, 2.75) is 72.4 Å². The topological polar surface area (TPSA) is 24.9 Å². The Hall–Kier alpha value is -2.63. The number of nitrogens with zero attached hydrogens (tertiary/aromatic N) is 2. The van der Waals surface area contributed by atoms with Crippen LogP contribution in [0.1, 0.15) is 72.9 Å². The maximum Gasteiger partial charge on any atom is 0.123 e. The van der Waals surface area contributed by atoms with E-state index >= 15 is 0 Å². The Balaban J connectivity index is 0.000000225. The molecule has 5 heteroatoms. The summed E-state index contributed by atoms with van der Waals surface area (Å²) in [5.74, 6) is 1.05. The van der Waals surface area contributed by atoms with E-state index in [9.17, 15) is 0 Å². The Morgan fingerprint density at radius 2 is 1.44 bits per heavy atom. The van der Waals surface area contributed by atoms with Crippen LogP contribution in [0.15, 0.2) is 72.3 Å². The molecule has 2 heterocycles. The second kappa shape index (κ2) is 17.6. The van der Waals surface area contributed by atoms with E-state index in [1.54, 1.807) is 7.11 Å². The van der Waals surface area contributed by atoms with Gasteiger partial charge < -0.3 is 14.4 Å². The average molecular weight is 603 g/mol. The number of hydrogen-bond acceptors (Lipinski definition) is 4. The molecule has 0 saturated carbocycles. The summed E-state index contributed by atoms with van der Waals surface area (Å²) in [6.07, 6.45) is 7.29. The molecule has 232 valence electrons. The molecule has 3 aromatic carbocycles. The molecule has 0 atom stereocenters. The summed E-state index contributed by atoms with van der Waals surface area (Å²) >= 11 is 6.64. The Morgan fingerprint density at radius 3 is 2.09 bits per heavy atom. The third-order valence-electron chi connectivity index (χ3n) is 8.62. The van der Waals surface area contributed by atoms with Gasteiger partial charge in [0.05, 0.1) is 20.3 Å². The Bertz CT molecular complexity index is 1290. The zero-order chi connectivity index (χ0) is 30.4. The van der Waals surface area contributed by atoms with Crippen LogP contribution in [0.2, 0.25) is 0 Å². The van der Waals surface area contributed by atoms with E-state index in [1.807, 2.05) is 12.1 Å². The van der Waals surface area contributed by atoms with Crippen LogP contribution in [0.4, 0.5) is 0 Å². The third-order valence-corrected chi connectivity index (χ3v) is 9.15. The van der Waals surface area contributed by atoms with Gasteiger partial charge in [0.15, 0.2) is 0 Å². The molecule has 0 spiro atoms. The first kappa shape index (κ1) is 33.3. The number of aryl methyl sites for hydroxylation is 2. The Labute approximate surface area is 265 Å². The van der Waals surface area contributed by atoms with Gasteiger partial charge >= 0.3 is 0 Å². The molecule has 5 rings (SSSR count). The second-order valence-electron chi connectivity index (χ2n) is 12.0. The summed E-state index contributed by atoms with van der Waals surface area (Å²) in [6.45, 7) is 14.9. The smallest absolute Gasteiger partial charge is 0.123 e. The summed E-state index contributed by atoms with van der Waals surface area (Å²) in [7, 11) is 1.77. The van der Waals surface area contributed by atoms with Crippen LogP contribution in [-0.4, -0.2) is 56.2 Å². The predicted molar refractivity (Wildman–Crippen MR) is 182 cm³/mol.